The minimum absolute atomic E-state index is 0. The van der Waals surface area contributed by atoms with Crippen LogP contribution in [0.25, 0.3) is 0 Å². The largest absolute Gasteiger partial charge is 2.00 e. The van der Waals surface area contributed by atoms with Crippen molar-refractivity contribution in [3.05, 3.63) is 0 Å². The van der Waals surface area contributed by atoms with Gasteiger partial charge >= 0.3 is 130 Å². The second-order valence-corrected chi connectivity index (χ2v) is 4.65. The Morgan fingerprint density at radius 3 is 0.538 bits per heavy atom. The third kappa shape index (κ3) is 313. The molecule has 0 aliphatic rings. The van der Waals surface area contributed by atoms with E-state index in [0.29, 0.717) is 0 Å². The molecule has 64 valence electrons. The maximum absolute atomic E-state index is 8.61. The van der Waals surface area contributed by atoms with Crippen LogP contribution in [0.3, 0.4) is 0 Å². The van der Waals surface area contributed by atoms with Crippen LogP contribution in [-0.2, 0) is 7.48 Å². The third-order valence-electron chi connectivity index (χ3n) is 0. The molecule has 0 heterocycles. The van der Waals surface area contributed by atoms with Crippen molar-refractivity contribution in [3.8, 4) is 0 Å². The Morgan fingerprint density at radius 1 is 0.538 bits per heavy atom. The van der Waals surface area contributed by atoms with Gasteiger partial charge in [0.2, 0.25) is 0 Å². The van der Waals surface area contributed by atoms with E-state index in [9.17, 15) is 0 Å². The Morgan fingerprint density at radius 2 is 0.538 bits per heavy atom. The Hall–Kier alpha value is 2.78. The maximum Gasteiger partial charge on any atom is 2.00 e. The van der Waals surface area contributed by atoms with Gasteiger partial charge in [0.15, 0.2) is 0 Å². The molecule has 0 rings (SSSR count). The summed E-state index contributed by atoms with van der Waals surface area (Å²) < 4.78 is 68.9. The molecule has 0 aromatic carbocycles. The van der Waals surface area contributed by atoms with Crippen molar-refractivity contribution in [1.29, 1.82) is 0 Å². The van der Waals surface area contributed by atoms with Crippen molar-refractivity contribution >= 4 is 98.2 Å². The van der Waals surface area contributed by atoms with E-state index in [2.05, 4.69) is 0 Å². The average molecular weight is 351 g/mol. The molecule has 0 saturated carbocycles. The fraction of sp³-hybridized carbons (Fsp3) is 0. The van der Waals surface area contributed by atoms with E-state index in [1.807, 2.05) is 0 Å². The summed E-state index contributed by atoms with van der Waals surface area (Å²) in [5, 5.41) is 0. The number of hydrogen-bond donors (Lipinski definition) is 0. The second kappa shape index (κ2) is 12.8. The first-order chi connectivity index (χ1) is 4.00. The topological polar surface area (TPSA) is 172 Å². The van der Waals surface area contributed by atoms with Gasteiger partial charge in [-0.3, -0.25) is 0 Å². The zero-order valence-corrected chi connectivity index (χ0v) is 14.3. The van der Waals surface area contributed by atoms with Crippen LogP contribution in [0.4, 0.5) is 0 Å². The van der Waals surface area contributed by atoms with Crippen molar-refractivity contribution in [1.82, 2.24) is 0 Å². The molecule has 0 amide bonds. The summed E-state index contributed by atoms with van der Waals surface area (Å²) in [5.74, 6) is 0. The van der Waals surface area contributed by atoms with E-state index in [-0.39, 0.29) is 69.2 Å². The second-order valence-electron chi connectivity index (χ2n) is 0.894. The van der Waals surface area contributed by atoms with Gasteiger partial charge in [-0.25, -0.2) is 0 Å². The molecule has 0 bridgehead atoms. The molecule has 0 aromatic rings. The average Bonchev–Trinajstić information content (AvgIpc) is 1.12. The molecule has 0 spiro atoms. The van der Waals surface area contributed by atoms with Gasteiger partial charge in [-0.15, -0.1) is 0 Å². The van der Waals surface area contributed by atoms with E-state index < -0.39 is 29.0 Å². The Kier molecular flexibility index (Phi) is 29.3. The van der Waals surface area contributed by atoms with Crippen LogP contribution in [0.2, 0.25) is 0 Å². The predicted octanol–water partition coefficient (Wildman–Crippen LogP) is -9.28. The van der Waals surface area contributed by atoms with Crippen molar-refractivity contribution in [3.63, 3.8) is 0 Å². The van der Waals surface area contributed by atoms with Crippen LogP contribution in [0.15, 0.2) is 0 Å². The van der Waals surface area contributed by atoms with Gasteiger partial charge in [0, 0.05) is 0 Å². The Balaban J connectivity index is -0.0000000267. The Bertz CT molecular complexity index is 130. The molecule has 0 fully saturated rings. The molecule has 0 saturated heterocycles. The summed E-state index contributed by atoms with van der Waals surface area (Å²) in [6, 6.07) is 0. The van der Waals surface area contributed by atoms with Gasteiger partial charge in [0.1, 0.15) is 0 Å². The van der Waals surface area contributed by atoms with Crippen LogP contribution < -0.4 is 24.6 Å². The summed E-state index contributed by atoms with van der Waals surface area (Å²) in [6.45, 7) is 0. The minimum atomic E-state index is -5.88. The molecule has 0 aliphatic heterocycles. The fourth-order valence-electron chi connectivity index (χ4n) is 0. The van der Waals surface area contributed by atoms with Crippen LogP contribution in [0, 0.1) is 0 Å². The smallest absolute Gasteiger partial charge is 2.00 e. The first kappa shape index (κ1) is 29.7. The third-order valence-corrected chi connectivity index (χ3v) is 0. The van der Waals surface area contributed by atoms with E-state index in [1.54, 1.807) is 0 Å². The van der Waals surface area contributed by atoms with Gasteiger partial charge < -0.3 is 0 Å². The van der Waals surface area contributed by atoms with E-state index >= 15 is 0 Å². The standard InChI is InChI=1S/2AsH3O4.3Mg/c2*2-1(3,4)5;;;/h2*(H3,2,3,4,5);;;/q;;3*+2/p-6. The first-order valence-electron chi connectivity index (χ1n) is 1.46. The molecule has 13 heavy (non-hydrogen) atoms. The summed E-state index contributed by atoms with van der Waals surface area (Å²) in [7, 11) is 0. The summed E-state index contributed by atoms with van der Waals surface area (Å²) in [6.07, 6.45) is 0. The SMILES string of the molecule is O=[As]([O-])([O-])[O-].O=[As]([O-])([O-])[O-].[Mg+2].[Mg+2].[Mg+2]. The van der Waals surface area contributed by atoms with Crippen LogP contribution in [0.1, 0.15) is 0 Å². The maximum atomic E-state index is 8.61. The normalized spacial score (nSPS) is 9.08. The van der Waals surface area contributed by atoms with Crippen molar-refractivity contribution in [2.45, 2.75) is 0 Å². The van der Waals surface area contributed by atoms with Crippen LogP contribution in [0.5, 0.6) is 0 Å². The van der Waals surface area contributed by atoms with Gasteiger partial charge in [-0.05, 0) is 0 Å². The molecular formula is As2Mg3O8. The molecule has 0 atom stereocenters. The first-order valence-corrected chi connectivity index (χ1v) is 7.59. The van der Waals surface area contributed by atoms with Crippen LogP contribution in [-0.4, -0.2) is 98.2 Å². The molecule has 0 aliphatic carbocycles. The van der Waals surface area contributed by atoms with Gasteiger partial charge in [-0.2, -0.15) is 0 Å². The number of hydrogen-bond acceptors (Lipinski definition) is 8. The fourth-order valence-corrected chi connectivity index (χ4v) is 0. The molecule has 8 nitrogen and oxygen atoms in total. The zero-order chi connectivity index (χ0) is 9.00. The molecular weight excluding hydrogens is 351 g/mol. The summed E-state index contributed by atoms with van der Waals surface area (Å²) >= 11 is -11.8. The van der Waals surface area contributed by atoms with Crippen molar-refractivity contribution in [2.75, 3.05) is 0 Å². The van der Waals surface area contributed by atoms with E-state index in [0.717, 1.165) is 0 Å². The molecule has 0 aromatic heterocycles. The molecule has 0 unspecified atom stereocenters. The molecule has 0 radical (unpaired) electrons. The Labute approximate surface area is 128 Å². The quantitative estimate of drug-likeness (QED) is 0.387. The van der Waals surface area contributed by atoms with Gasteiger partial charge in [0.25, 0.3) is 0 Å². The van der Waals surface area contributed by atoms with Crippen molar-refractivity contribution < 1.29 is 32.1 Å². The summed E-state index contributed by atoms with van der Waals surface area (Å²) in [4.78, 5) is 0. The van der Waals surface area contributed by atoms with Crippen LogP contribution >= 0.6 is 0 Å². The summed E-state index contributed by atoms with van der Waals surface area (Å²) in [5.41, 5.74) is 0. The van der Waals surface area contributed by atoms with E-state index in [1.165, 1.54) is 0 Å². The number of rotatable bonds is 0. The monoisotopic (exact) mass is 350 g/mol. The molecule has 0 N–H and O–H groups in total. The van der Waals surface area contributed by atoms with Crippen molar-refractivity contribution in [2.24, 2.45) is 0 Å². The van der Waals surface area contributed by atoms with Gasteiger partial charge in [-0.1, -0.05) is 0 Å². The molecule has 13 heteroatoms. The minimum Gasteiger partial charge on any atom is 2.00 e. The zero-order valence-electron chi connectivity index (χ0n) is 6.28. The van der Waals surface area contributed by atoms with E-state index in [4.69, 9.17) is 32.1 Å². The van der Waals surface area contributed by atoms with Gasteiger partial charge in [0.05, 0.1) is 0 Å². The predicted molar refractivity (Wildman–Crippen MR) is 30.1 cm³/mol.